The number of alkyl halides is 1. The van der Waals surface area contributed by atoms with Crippen molar-refractivity contribution in [3.8, 4) is 0 Å². The lowest BCUT2D eigenvalue weighted by molar-refractivity contribution is 0.0852. The molecule has 0 aliphatic rings. The summed E-state index contributed by atoms with van der Waals surface area (Å²) in [5.41, 5.74) is 0. The van der Waals surface area contributed by atoms with Gasteiger partial charge < -0.3 is 4.74 Å². The topological polar surface area (TPSA) is 9.23 Å². The van der Waals surface area contributed by atoms with Crippen molar-refractivity contribution in [2.45, 2.75) is 20.0 Å². The van der Waals surface area contributed by atoms with Gasteiger partial charge in [0.15, 0.2) is 0 Å². The van der Waals surface area contributed by atoms with Crippen LogP contribution >= 0.6 is 15.9 Å². The first-order valence-corrected chi connectivity index (χ1v) is 3.93. The van der Waals surface area contributed by atoms with Crippen molar-refractivity contribution in [3.63, 3.8) is 0 Å². The highest BCUT2D eigenvalue weighted by Gasteiger charge is 2.08. The smallest absolute Gasteiger partial charge is 0.0690 e. The molecule has 0 aromatic heterocycles. The first-order chi connectivity index (χ1) is 3.72. The molecule has 1 atom stereocenters. The summed E-state index contributed by atoms with van der Waals surface area (Å²) in [6.45, 7) is 4.30. The lowest BCUT2D eigenvalue weighted by Gasteiger charge is -2.14. The molecule has 0 heterocycles. The molecule has 0 saturated heterocycles. The Morgan fingerprint density at radius 3 is 2.00 bits per heavy atom. The summed E-state index contributed by atoms with van der Waals surface area (Å²) < 4.78 is 5.11. The number of hydrogen-bond acceptors (Lipinski definition) is 1. The van der Waals surface area contributed by atoms with E-state index >= 15 is 0 Å². The molecular formula is C6H13BrO. The second-order valence-electron chi connectivity index (χ2n) is 2.17. The van der Waals surface area contributed by atoms with Crippen molar-refractivity contribution >= 4 is 15.9 Å². The molecule has 0 bridgehead atoms. The molecule has 0 aliphatic carbocycles. The summed E-state index contributed by atoms with van der Waals surface area (Å²) in [6.07, 6.45) is 0.370. The van der Waals surface area contributed by atoms with Crippen molar-refractivity contribution < 1.29 is 4.74 Å². The van der Waals surface area contributed by atoms with Crippen LogP contribution in [0.2, 0.25) is 0 Å². The molecule has 0 rings (SSSR count). The molecule has 0 fully saturated rings. The minimum Gasteiger partial charge on any atom is -0.380 e. The molecule has 50 valence electrons. The van der Waals surface area contributed by atoms with E-state index in [0.717, 1.165) is 5.33 Å². The predicted molar refractivity (Wildman–Crippen MR) is 39.4 cm³/mol. The summed E-state index contributed by atoms with van der Waals surface area (Å²) in [5.74, 6) is 0.611. The van der Waals surface area contributed by atoms with Crippen molar-refractivity contribution in [1.29, 1.82) is 0 Å². The molecule has 0 aliphatic heterocycles. The lowest BCUT2D eigenvalue weighted by Crippen LogP contribution is -2.18. The van der Waals surface area contributed by atoms with Gasteiger partial charge in [-0.3, -0.25) is 0 Å². The Bertz CT molecular complexity index is 50.5. The zero-order chi connectivity index (χ0) is 6.57. The van der Waals surface area contributed by atoms with E-state index in [4.69, 9.17) is 4.74 Å². The lowest BCUT2D eigenvalue weighted by atomic mass is 10.1. The summed E-state index contributed by atoms with van der Waals surface area (Å²) in [4.78, 5) is 0. The maximum absolute atomic E-state index is 5.11. The monoisotopic (exact) mass is 180 g/mol. The van der Waals surface area contributed by atoms with Gasteiger partial charge in [-0.1, -0.05) is 29.8 Å². The maximum atomic E-state index is 5.11. The molecule has 0 aromatic carbocycles. The van der Waals surface area contributed by atoms with E-state index in [2.05, 4.69) is 29.8 Å². The van der Waals surface area contributed by atoms with Gasteiger partial charge in [0, 0.05) is 12.4 Å². The molecule has 0 saturated carbocycles. The standard InChI is InChI=1S/C6H13BrO/c1-5(2)6(4-7)8-3/h5-6H,4H2,1-3H3. The van der Waals surface area contributed by atoms with Crippen LogP contribution < -0.4 is 0 Å². The van der Waals surface area contributed by atoms with Gasteiger partial charge in [-0.05, 0) is 5.92 Å². The molecule has 8 heavy (non-hydrogen) atoms. The average Bonchev–Trinajstić information content (AvgIpc) is 1.69. The minimum atomic E-state index is 0.370. The normalized spacial score (nSPS) is 14.6. The Balaban J connectivity index is 3.35. The van der Waals surface area contributed by atoms with Crippen LogP contribution in [0.1, 0.15) is 13.8 Å². The second kappa shape index (κ2) is 4.33. The maximum Gasteiger partial charge on any atom is 0.0690 e. The molecule has 0 N–H and O–H groups in total. The molecule has 0 amide bonds. The van der Waals surface area contributed by atoms with E-state index in [1.807, 2.05) is 0 Å². The SMILES string of the molecule is COC(CBr)C(C)C. The number of ether oxygens (including phenoxy) is 1. The highest BCUT2D eigenvalue weighted by molar-refractivity contribution is 9.09. The quantitative estimate of drug-likeness (QED) is 0.605. The minimum absolute atomic E-state index is 0.370. The number of methoxy groups -OCH3 is 1. The number of halogens is 1. The van der Waals surface area contributed by atoms with Crippen molar-refractivity contribution in [3.05, 3.63) is 0 Å². The average molecular weight is 181 g/mol. The Labute approximate surface area is 59.5 Å². The van der Waals surface area contributed by atoms with Crippen LogP contribution in [0.25, 0.3) is 0 Å². The fourth-order valence-electron chi connectivity index (χ4n) is 0.513. The Kier molecular flexibility index (Phi) is 4.57. The van der Waals surface area contributed by atoms with Crippen molar-refractivity contribution in [2.24, 2.45) is 5.92 Å². The van der Waals surface area contributed by atoms with E-state index in [1.54, 1.807) is 7.11 Å². The van der Waals surface area contributed by atoms with Gasteiger partial charge in [0.2, 0.25) is 0 Å². The third-order valence-corrected chi connectivity index (χ3v) is 1.84. The fourth-order valence-corrected chi connectivity index (χ4v) is 1.53. The largest absolute Gasteiger partial charge is 0.380 e. The van der Waals surface area contributed by atoms with E-state index in [1.165, 1.54) is 0 Å². The van der Waals surface area contributed by atoms with Crippen LogP contribution in [-0.4, -0.2) is 18.5 Å². The zero-order valence-electron chi connectivity index (χ0n) is 5.65. The third kappa shape index (κ3) is 2.68. The van der Waals surface area contributed by atoms with E-state index in [9.17, 15) is 0 Å². The molecular weight excluding hydrogens is 168 g/mol. The summed E-state index contributed by atoms with van der Waals surface area (Å²) >= 11 is 3.35. The predicted octanol–water partition coefficient (Wildman–Crippen LogP) is 2.05. The Hall–Kier alpha value is 0.440. The Morgan fingerprint density at radius 1 is 1.50 bits per heavy atom. The van der Waals surface area contributed by atoms with Crippen LogP contribution in [-0.2, 0) is 4.74 Å². The second-order valence-corrected chi connectivity index (χ2v) is 2.82. The molecule has 1 unspecified atom stereocenters. The van der Waals surface area contributed by atoms with Gasteiger partial charge in [0.05, 0.1) is 6.10 Å². The highest BCUT2D eigenvalue weighted by atomic mass is 79.9. The molecule has 1 nitrogen and oxygen atoms in total. The van der Waals surface area contributed by atoms with E-state index < -0.39 is 0 Å². The van der Waals surface area contributed by atoms with Crippen LogP contribution in [0.4, 0.5) is 0 Å². The van der Waals surface area contributed by atoms with Crippen LogP contribution in [0.15, 0.2) is 0 Å². The van der Waals surface area contributed by atoms with Gasteiger partial charge in [-0.2, -0.15) is 0 Å². The molecule has 0 radical (unpaired) electrons. The molecule has 0 aromatic rings. The van der Waals surface area contributed by atoms with Gasteiger partial charge in [0.1, 0.15) is 0 Å². The van der Waals surface area contributed by atoms with Gasteiger partial charge in [-0.15, -0.1) is 0 Å². The van der Waals surface area contributed by atoms with E-state index in [0.29, 0.717) is 12.0 Å². The van der Waals surface area contributed by atoms with Gasteiger partial charge >= 0.3 is 0 Å². The zero-order valence-corrected chi connectivity index (χ0v) is 7.23. The summed E-state index contributed by atoms with van der Waals surface area (Å²) in [5, 5.41) is 0.932. The van der Waals surface area contributed by atoms with Crippen molar-refractivity contribution in [1.82, 2.24) is 0 Å². The van der Waals surface area contributed by atoms with Crippen LogP contribution in [0.5, 0.6) is 0 Å². The van der Waals surface area contributed by atoms with Crippen LogP contribution in [0.3, 0.4) is 0 Å². The molecule has 0 spiro atoms. The first-order valence-electron chi connectivity index (χ1n) is 2.81. The summed E-state index contributed by atoms with van der Waals surface area (Å²) in [7, 11) is 1.74. The van der Waals surface area contributed by atoms with Gasteiger partial charge in [0.25, 0.3) is 0 Å². The Morgan fingerprint density at radius 2 is 2.00 bits per heavy atom. The van der Waals surface area contributed by atoms with Crippen LogP contribution in [0, 0.1) is 5.92 Å². The van der Waals surface area contributed by atoms with Gasteiger partial charge in [-0.25, -0.2) is 0 Å². The van der Waals surface area contributed by atoms with E-state index in [-0.39, 0.29) is 0 Å². The summed E-state index contributed by atoms with van der Waals surface area (Å²) in [6, 6.07) is 0. The number of hydrogen-bond donors (Lipinski definition) is 0. The third-order valence-electron chi connectivity index (χ3n) is 1.20. The fraction of sp³-hybridized carbons (Fsp3) is 1.00. The van der Waals surface area contributed by atoms with Crippen molar-refractivity contribution in [2.75, 3.05) is 12.4 Å². The first kappa shape index (κ1) is 8.44. The highest BCUT2D eigenvalue weighted by Crippen LogP contribution is 2.07. The number of rotatable bonds is 3. The molecule has 2 heteroatoms.